The summed E-state index contributed by atoms with van der Waals surface area (Å²) >= 11 is 0. The van der Waals surface area contributed by atoms with Crippen molar-refractivity contribution in [1.29, 1.82) is 5.26 Å². The van der Waals surface area contributed by atoms with E-state index < -0.39 is 5.60 Å². The first-order valence-electron chi connectivity index (χ1n) is 9.77. The van der Waals surface area contributed by atoms with Gasteiger partial charge in [-0.2, -0.15) is 5.26 Å². The third kappa shape index (κ3) is 2.19. The molecule has 4 nitrogen and oxygen atoms in total. The van der Waals surface area contributed by atoms with E-state index in [0.717, 1.165) is 24.8 Å². The average Bonchev–Trinajstić information content (AvgIpc) is 2.53. The van der Waals surface area contributed by atoms with Crippen LogP contribution in [-0.2, 0) is 0 Å². The number of benzene rings is 1. The van der Waals surface area contributed by atoms with Crippen molar-refractivity contribution in [2.75, 3.05) is 0 Å². The Hall–Kier alpha value is -1.89. The highest BCUT2D eigenvalue weighted by atomic mass is 16.5. The predicted molar refractivity (Wildman–Crippen MR) is 99.1 cm³/mol. The molecule has 1 aliphatic heterocycles. The number of ether oxygens (including phenoxy) is 1. The summed E-state index contributed by atoms with van der Waals surface area (Å²) in [6.45, 7) is 9.25. The van der Waals surface area contributed by atoms with Crippen LogP contribution in [0.25, 0.3) is 0 Å². The van der Waals surface area contributed by atoms with Gasteiger partial charge in [0.2, 0.25) is 0 Å². The first-order chi connectivity index (χ1) is 12.1. The van der Waals surface area contributed by atoms with Gasteiger partial charge in [0.25, 0.3) is 0 Å². The molecule has 2 fully saturated rings. The van der Waals surface area contributed by atoms with E-state index in [4.69, 9.17) is 4.74 Å². The van der Waals surface area contributed by atoms with Crippen molar-refractivity contribution in [3.05, 3.63) is 17.7 Å². The molecule has 2 N–H and O–H groups in total. The molecule has 3 aliphatic rings. The molecule has 0 aromatic heterocycles. The van der Waals surface area contributed by atoms with Crippen LogP contribution >= 0.6 is 0 Å². The second kappa shape index (κ2) is 5.31. The summed E-state index contributed by atoms with van der Waals surface area (Å²) in [5.74, 6) is 0.474. The molecule has 0 amide bonds. The molecule has 1 aromatic rings. The maximum absolute atomic E-state index is 10.1. The number of aromatic hydroxyl groups is 2. The number of nitrogens with zero attached hydrogens (tertiary/aromatic N) is 1. The lowest BCUT2D eigenvalue weighted by molar-refractivity contribution is -0.167. The van der Waals surface area contributed by atoms with Crippen LogP contribution in [0, 0.1) is 34.0 Å². The highest BCUT2D eigenvalue weighted by Gasteiger charge is 2.63. The molecule has 1 unspecified atom stereocenters. The lowest BCUT2D eigenvalue weighted by Gasteiger charge is -2.64. The quantitative estimate of drug-likeness (QED) is 0.635. The molecule has 0 spiro atoms. The SMILES string of the molecule is CC1(C)CCC[C@]2(C)C3[C@H](C#N)c4cc(O)c(O)cc4O[C@]3(C)CC[C@@H]12. The number of rotatable bonds is 0. The third-order valence-electron chi connectivity index (χ3n) is 7.83. The maximum Gasteiger partial charge on any atom is 0.161 e. The third-order valence-corrected chi connectivity index (χ3v) is 7.83. The van der Waals surface area contributed by atoms with Gasteiger partial charge in [-0.3, -0.25) is 0 Å². The minimum atomic E-state index is -0.421. The summed E-state index contributed by atoms with van der Waals surface area (Å²) in [5.41, 5.74) is 0.595. The second-order valence-corrected chi connectivity index (χ2v) is 9.82. The normalized spacial score (nSPS) is 40.3. The van der Waals surface area contributed by atoms with Gasteiger partial charge in [0.1, 0.15) is 11.4 Å². The van der Waals surface area contributed by atoms with Gasteiger partial charge in [0.15, 0.2) is 11.5 Å². The van der Waals surface area contributed by atoms with Crippen LogP contribution in [0.3, 0.4) is 0 Å². The van der Waals surface area contributed by atoms with E-state index in [9.17, 15) is 15.5 Å². The number of phenols is 2. The van der Waals surface area contributed by atoms with Gasteiger partial charge in [-0.05, 0) is 55.4 Å². The zero-order valence-electron chi connectivity index (χ0n) is 16.2. The molecule has 2 saturated carbocycles. The summed E-state index contributed by atoms with van der Waals surface area (Å²) in [6, 6.07) is 5.54. The van der Waals surface area contributed by atoms with Crippen molar-refractivity contribution in [3.8, 4) is 23.3 Å². The van der Waals surface area contributed by atoms with Gasteiger partial charge >= 0.3 is 0 Å². The summed E-state index contributed by atoms with van der Waals surface area (Å²) < 4.78 is 6.45. The van der Waals surface area contributed by atoms with Crippen molar-refractivity contribution in [2.24, 2.45) is 22.7 Å². The van der Waals surface area contributed by atoms with Gasteiger partial charge in [0.05, 0.1) is 12.0 Å². The molecule has 1 aromatic carbocycles. The number of phenolic OH excluding ortho intramolecular Hbond substituents is 2. The van der Waals surface area contributed by atoms with E-state index in [1.165, 1.54) is 25.0 Å². The number of nitriles is 1. The topological polar surface area (TPSA) is 73.5 Å². The lowest BCUT2D eigenvalue weighted by atomic mass is 9.43. The fourth-order valence-electron chi connectivity index (χ4n) is 6.87. The minimum Gasteiger partial charge on any atom is -0.504 e. The first-order valence-corrected chi connectivity index (χ1v) is 9.77. The van der Waals surface area contributed by atoms with Crippen molar-refractivity contribution >= 4 is 0 Å². The second-order valence-electron chi connectivity index (χ2n) is 9.82. The molecular formula is C22H29NO3. The highest BCUT2D eigenvalue weighted by Crippen LogP contribution is 2.67. The predicted octanol–water partition coefficient (Wildman–Crippen LogP) is 5.10. The summed E-state index contributed by atoms with van der Waals surface area (Å²) in [7, 11) is 0. The Labute approximate surface area is 155 Å². The first kappa shape index (κ1) is 17.5. The van der Waals surface area contributed by atoms with Gasteiger partial charge in [-0.15, -0.1) is 0 Å². The molecule has 1 heterocycles. The summed E-state index contributed by atoms with van der Waals surface area (Å²) in [5, 5.41) is 30.1. The van der Waals surface area contributed by atoms with E-state index in [1.54, 1.807) is 0 Å². The van der Waals surface area contributed by atoms with Gasteiger partial charge < -0.3 is 14.9 Å². The fraction of sp³-hybridized carbons (Fsp3) is 0.682. The van der Waals surface area contributed by atoms with Gasteiger partial charge in [0, 0.05) is 17.5 Å². The molecule has 26 heavy (non-hydrogen) atoms. The molecule has 2 aliphatic carbocycles. The van der Waals surface area contributed by atoms with E-state index in [2.05, 4.69) is 33.8 Å². The Balaban J connectivity index is 1.89. The van der Waals surface area contributed by atoms with Crippen LogP contribution < -0.4 is 4.74 Å². The summed E-state index contributed by atoms with van der Waals surface area (Å²) in [4.78, 5) is 0. The van der Waals surface area contributed by atoms with Gasteiger partial charge in [-0.1, -0.05) is 27.2 Å². The Bertz CT molecular complexity index is 795. The minimum absolute atomic E-state index is 0.0281. The number of hydrogen-bond donors (Lipinski definition) is 2. The van der Waals surface area contributed by atoms with Crippen LogP contribution in [0.1, 0.15) is 71.3 Å². The monoisotopic (exact) mass is 355 g/mol. The van der Waals surface area contributed by atoms with Crippen molar-refractivity contribution in [2.45, 2.75) is 71.3 Å². The van der Waals surface area contributed by atoms with Crippen LogP contribution in [0.2, 0.25) is 0 Å². The maximum atomic E-state index is 10.1. The zero-order valence-corrected chi connectivity index (χ0v) is 16.2. The zero-order chi connectivity index (χ0) is 18.9. The molecule has 0 bridgehead atoms. The molecule has 0 saturated heterocycles. The van der Waals surface area contributed by atoms with Crippen LogP contribution in [0.4, 0.5) is 0 Å². The van der Waals surface area contributed by atoms with Crippen molar-refractivity contribution < 1.29 is 14.9 Å². The Morgan fingerprint density at radius 3 is 2.46 bits per heavy atom. The van der Waals surface area contributed by atoms with E-state index in [1.807, 2.05) is 0 Å². The Kier molecular flexibility index (Phi) is 3.58. The standard InChI is InChI=1S/C22H29NO3/c1-20(2)7-5-8-21(3)18(20)6-9-22(4)19(21)14(12-23)13-10-15(24)16(25)11-17(13)26-22/h10-11,14,18-19,24-25H,5-9H2,1-4H3/t14-,18+,19?,21+,22-/m1/s1. The lowest BCUT2D eigenvalue weighted by Crippen LogP contribution is -2.62. The average molecular weight is 355 g/mol. The molecule has 4 rings (SSSR count). The largest absolute Gasteiger partial charge is 0.504 e. The summed E-state index contributed by atoms with van der Waals surface area (Å²) in [6.07, 6.45) is 5.55. The van der Waals surface area contributed by atoms with Crippen LogP contribution in [0.5, 0.6) is 17.2 Å². The molecule has 5 atom stereocenters. The van der Waals surface area contributed by atoms with Crippen LogP contribution in [-0.4, -0.2) is 15.8 Å². The Morgan fingerprint density at radius 2 is 1.77 bits per heavy atom. The fourth-order valence-corrected chi connectivity index (χ4v) is 6.87. The smallest absolute Gasteiger partial charge is 0.161 e. The number of fused-ring (bicyclic) bond motifs is 4. The molecular weight excluding hydrogens is 326 g/mol. The van der Waals surface area contributed by atoms with Crippen molar-refractivity contribution in [1.82, 2.24) is 0 Å². The molecule has 0 radical (unpaired) electrons. The van der Waals surface area contributed by atoms with Crippen LogP contribution in [0.15, 0.2) is 12.1 Å². The number of hydrogen-bond acceptors (Lipinski definition) is 4. The van der Waals surface area contributed by atoms with Crippen molar-refractivity contribution in [3.63, 3.8) is 0 Å². The highest BCUT2D eigenvalue weighted by molar-refractivity contribution is 5.54. The van der Waals surface area contributed by atoms with E-state index >= 15 is 0 Å². The van der Waals surface area contributed by atoms with E-state index in [0.29, 0.717) is 11.7 Å². The molecule has 4 heteroatoms. The molecule has 140 valence electrons. The Morgan fingerprint density at radius 1 is 1.08 bits per heavy atom. The van der Waals surface area contributed by atoms with Gasteiger partial charge in [-0.25, -0.2) is 0 Å². The van der Waals surface area contributed by atoms with E-state index in [-0.39, 0.29) is 34.2 Å².